The Hall–Kier alpha value is -3.36. The van der Waals surface area contributed by atoms with Crippen LogP contribution in [0.2, 0.25) is 0 Å². The third-order valence-corrected chi connectivity index (χ3v) is 3.48. The van der Waals surface area contributed by atoms with E-state index in [2.05, 4.69) is 25.3 Å². The van der Waals surface area contributed by atoms with E-state index in [1.807, 2.05) is 0 Å². The molecular formula is C17H13F3N6. The largest absolute Gasteiger partial charge is 0.339 e. The summed E-state index contributed by atoms with van der Waals surface area (Å²) in [6, 6.07) is 3.81. The van der Waals surface area contributed by atoms with E-state index in [1.54, 1.807) is 25.4 Å². The molecule has 26 heavy (non-hydrogen) atoms. The zero-order valence-corrected chi connectivity index (χ0v) is 13.5. The SMILES string of the molecule is Cc1cncc(-c2cc(Nc3ccc(C(F)F)c(F)n3)c(C=N)cn2)n1. The summed E-state index contributed by atoms with van der Waals surface area (Å²) in [6.45, 7) is 1.79. The van der Waals surface area contributed by atoms with E-state index in [1.165, 1.54) is 12.3 Å². The van der Waals surface area contributed by atoms with Crippen LogP contribution in [0.5, 0.6) is 0 Å². The number of nitrogens with zero attached hydrogens (tertiary/aromatic N) is 4. The second-order valence-electron chi connectivity index (χ2n) is 5.35. The summed E-state index contributed by atoms with van der Waals surface area (Å²) in [5.41, 5.74) is 1.77. The number of alkyl halides is 2. The highest BCUT2D eigenvalue weighted by Crippen LogP contribution is 2.26. The van der Waals surface area contributed by atoms with E-state index in [4.69, 9.17) is 5.41 Å². The monoisotopic (exact) mass is 358 g/mol. The lowest BCUT2D eigenvalue weighted by atomic mass is 10.2. The molecule has 0 aromatic carbocycles. The first kappa shape index (κ1) is 17.5. The number of halogens is 3. The van der Waals surface area contributed by atoms with Gasteiger partial charge in [0.1, 0.15) is 11.5 Å². The molecule has 0 bridgehead atoms. The number of aryl methyl sites for hydroxylation is 1. The third-order valence-electron chi connectivity index (χ3n) is 3.48. The van der Waals surface area contributed by atoms with Crippen molar-refractivity contribution < 1.29 is 13.2 Å². The van der Waals surface area contributed by atoms with Gasteiger partial charge in [-0.2, -0.15) is 4.39 Å². The van der Waals surface area contributed by atoms with E-state index < -0.39 is 17.9 Å². The second kappa shape index (κ2) is 7.26. The van der Waals surface area contributed by atoms with Gasteiger partial charge in [-0.15, -0.1) is 0 Å². The van der Waals surface area contributed by atoms with Crippen LogP contribution in [-0.2, 0) is 0 Å². The first-order chi connectivity index (χ1) is 12.5. The van der Waals surface area contributed by atoms with Gasteiger partial charge in [-0.1, -0.05) is 0 Å². The maximum atomic E-state index is 13.7. The topological polar surface area (TPSA) is 87.4 Å². The smallest absolute Gasteiger partial charge is 0.268 e. The van der Waals surface area contributed by atoms with Crippen molar-refractivity contribution in [3.63, 3.8) is 0 Å². The van der Waals surface area contributed by atoms with Crippen LogP contribution in [0.3, 0.4) is 0 Å². The fraction of sp³-hybridized carbons (Fsp3) is 0.118. The molecule has 9 heteroatoms. The quantitative estimate of drug-likeness (QED) is 0.530. The number of hydrogen-bond donors (Lipinski definition) is 2. The van der Waals surface area contributed by atoms with Gasteiger partial charge in [0.15, 0.2) is 0 Å². The van der Waals surface area contributed by atoms with Crippen molar-refractivity contribution in [2.45, 2.75) is 13.3 Å². The van der Waals surface area contributed by atoms with Crippen molar-refractivity contribution in [1.82, 2.24) is 19.9 Å². The van der Waals surface area contributed by atoms with E-state index >= 15 is 0 Å². The lowest BCUT2D eigenvalue weighted by Gasteiger charge is -2.11. The molecule has 132 valence electrons. The Kier molecular flexibility index (Phi) is 4.87. The number of pyridine rings is 2. The standard InChI is InChI=1S/C17H13F3N6/c1-9-6-22-8-14(24-9)13-4-12(10(5-21)7-23-13)25-15-3-2-11(16(18)19)17(20)26-15/h2-8,16,21H,1H3,(H,23,25,26). The van der Waals surface area contributed by atoms with Crippen molar-refractivity contribution >= 4 is 17.7 Å². The minimum absolute atomic E-state index is 0.0301. The molecule has 0 spiro atoms. The lowest BCUT2D eigenvalue weighted by molar-refractivity contribution is 0.145. The minimum atomic E-state index is -2.94. The van der Waals surface area contributed by atoms with Gasteiger partial charge < -0.3 is 10.7 Å². The molecule has 0 aliphatic carbocycles. The van der Waals surface area contributed by atoms with Crippen molar-refractivity contribution in [2.24, 2.45) is 0 Å². The molecule has 3 aromatic rings. The van der Waals surface area contributed by atoms with Gasteiger partial charge in [0.05, 0.1) is 28.8 Å². The van der Waals surface area contributed by atoms with Crippen LogP contribution in [0.4, 0.5) is 24.7 Å². The Bertz CT molecular complexity index is 961. The van der Waals surface area contributed by atoms with Crippen LogP contribution in [0, 0.1) is 18.3 Å². The van der Waals surface area contributed by atoms with Gasteiger partial charge in [0.25, 0.3) is 6.43 Å². The highest BCUT2D eigenvalue weighted by Gasteiger charge is 2.15. The molecule has 6 nitrogen and oxygen atoms in total. The molecule has 0 saturated heterocycles. The van der Waals surface area contributed by atoms with Gasteiger partial charge in [-0.25, -0.2) is 18.7 Å². The number of rotatable bonds is 5. The van der Waals surface area contributed by atoms with Gasteiger partial charge in [0.2, 0.25) is 5.95 Å². The molecule has 3 rings (SSSR count). The van der Waals surface area contributed by atoms with Crippen LogP contribution >= 0.6 is 0 Å². The lowest BCUT2D eigenvalue weighted by Crippen LogP contribution is -2.03. The van der Waals surface area contributed by atoms with Crippen LogP contribution in [0.25, 0.3) is 11.4 Å². The van der Waals surface area contributed by atoms with Crippen LogP contribution in [0.15, 0.2) is 36.8 Å². The fourth-order valence-corrected chi connectivity index (χ4v) is 2.23. The summed E-state index contributed by atoms with van der Waals surface area (Å²) in [5, 5.41) is 10.3. The summed E-state index contributed by atoms with van der Waals surface area (Å²) >= 11 is 0. The van der Waals surface area contributed by atoms with Crippen molar-refractivity contribution in [3.05, 3.63) is 59.6 Å². The minimum Gasteiger partial charge on any atom is -0.339 e. The molecule has 0 aliphatic rings. The van der Waals surface area contributed by atoms with Gasteiger partial charge in [-0.05, 0) is 25.1 Å². The average Bonchev–Trinajstić information content (AvgIpc) is 2.61. The van der Waals surface area contributed by atoms with E-state index in [0.29, 0.717) is 28.3 Å². The number of nitrogens with one attached hydrogen (secondary N) is 2. The molecule has 0 amide bonds. The first-order valence-corrected chi connectivity index (χ1v) is 7.49. The van der Waals surface area contributed by atoms with Crippen LogP contribution < -0.4 is 5.32 Å². The number of aromatic nitrogens is 4. The summed E-state index contributed by atoms with van der Waals surface area (Å²) in [4.78, 5) is 16.1. The third kappa shape index (κ3) is 3.66. The second-order valence-corrected chi connectivity index (χ2v) is 5.35. The predicted molar refractivity (Wildman–Crippen MR) is 90.3 cm³/mol. The highest BCUT2D eigenvalue weighted by atomic mass is 19.3. The highest BCUT2D eigenvalue weighted by molar-refractivity contribution is 5.88. The molecule has 0 aliphatic heterocycles. The Morgan fingerprint density at radius 1 is 1.12 bits per heavy atom. The Labute approximate surface area is 146 Å². The van der Waals surface area contributed by atoms with Crippen molar-refractivity contribution in [1.29, 1.82) is 5.41 Å². The van der Waals surface area contributed by atoms with Crippen molar-refractivity contribution in [3.8, 4) is 11.4 Å². The molecule has 0 fully saturated rings. The summed E-state index contributed by atoms with van der Waals surface area (Å²) < 4.78 is 38.9. The molecular weight excluding hydrogens is 345 g/mol. The molecule has 0 atom stereocenters. The predicted octanol–water partition coefficient (Wildman–Crippen LogP) is 4.06. The Balaban J connectivity index is 1.97. The van der Waals surface area contributed by atoms with Crippen LogP contribution in [0.1, 0.15) is 23.2 Å². The van der Waals surface area contributed by atoms with E-state index in [0.717, 1.165) is 12.3 Å². The Morgan fingerprint density at radius 2 is 1.92 bits per heavy atom. The summed E-state index contributed by atoms with van der Waals surface area (Å²) in [6.07, 6.45) is 2.70. The molecule has 2 N–H and O–H groups in total. The zero-order valence-electron chi connectivity index (χ0n) is 13.5. The fourth-order valence-electron chi connectivity index (χ4n) is 2.23. The number of hydrogen-bond acceptors (Lipinski definition) is 6. The summed E-state index contributed by atoms with van der Waals surface area (Å²) in [5.74, 6) is -1.22. The van der Waals surface area contributed by atoms with Gasteiger partial charge >= 0.3 is 0 Å². The molecule has 0 radical (unpaired) electrons. The first-order valence-electron chi connectivity index (χ1n) is 7.49. The molecule has 0 unspecified atom stereocenters. The van der Waals surface area contributed by atoms with Gasteiger partial charge in [0, 0.05) is 24.2 Å². The molecule has 0 saturated carbocycles. The van der Waals surface area contributed by atoms with Gasteiger partial charge in [-0.3, -0.25) is 9.97 Å². The zero-order chi connectivity index (χ0) is 18.7. The molecule has 3 aromatic heterocycles. The Morgan fingerprint density at radius 3 is 2.58 bits per heavy atom. The summed E-state index contributed by atoms with van der Waals surface area (Å²) in [7, 11) is 0. The number of anilines is 2. The van der Waals surface area contributed by atoms with E-state index in [-0.39, 0.29) is 5.82 Å². The molecule has 3 heterocycles. The van der Waals surface area contributed by atoms with E-state index in [9.17, 15) is 13.2 Å². The maximum Gasteiger partial charge on any atom is 0.268 e. The normalized spacial score (nSPS) is 10.8. The maximum absolute atomic E-state index is 13.7. The van der Waals surface area contributed by atoms with Crippen LogP contribution in [-0.4, -0.2) is 26.2 Å². The van der Waals surface area contributed by atoms with Crippen molar-refractivity contribution in [2.75, 3.05) is 5.32 Å². The average molecular weight is 358 g/mol.